The monoisotopic (exact) mass is 209 g/mol. The van der Waals surface area contributed by atoms with Crippen LogP contribution in [0.5, 0.6) is 0 Å². The van der Waals surface area contributed by atoms with E-state index in [4.69, 9.17) is 0 Å². The third kappa shape index (κ3) is 2.01. The SMILES string of the molecule is Cc1ccc(CC2CCNC2(C)C)s1. The fraction of sp³-hybridized carbons (Fsp3) is 0.667. The van der Waals surface area contributed by atoms with Crippen LogP contribution in [0.4, 0.5) is 0 Å². The van der Waals surface area contributed by atoms with E-state index in [1.165, 1.54) is 24.3 Å². The molecular weight excluding hydrogens is 190 g/mol. The van der Waals surface area contributed by atoms with E-state index in [9.17, 15) is 0 Å². The molecule has 2 heterocycles. The van der Waals surface area contributed by atoms with Gasteiger partial charge in [0, 0.05) is 15.3 Å². The smallest absolute Gasteiger partial charge is 0.0157 e. The second kappa shape index (κ2) is 3.67. The average molecular weight is 209 g/mol. The van der Waals surface area contributed by atoms with Gasteiger partial charge in [-0.3, -0.25) is 0 Å². The van der Waals surface area contributed by atoms with E-state index in [-0.39, 0.29) is 0 Å². The Bertz CT molecular complexity index is 314. The molecular formula is C12H19NS. The highest BCUT2D eigenvalue weighted by Crippen LogP contribution is 2.31. The summed E-state index contributed by atoms with van der Waals surface area (Å²) in [5, 5.41) is 3.58. The van der Waals surface area contributed by atoms with Gasteiger partial charge in [0.15, 0.2) is 0 Å². The molecule has 2 heteroatoms. The van der Waals surface area contributed by atoms with Crippen molar-refractivity contribution in [1.82, 2.24) is 5.32 Å². The first-order chi connectivity index (χ1) is 6.58. The van der Waals surface area contributed by atoms with E-state index in [0.29, 0.717) is 5.54 Å². The zero-order valence-electron chi connectivity index (χ0n) is 9.26. The first-order valence-electron chi connectivity index (χ1n) is 5.38. The molecule has 1 nitrogen and oxygen atoms in total. The molecule has 1 aromatic heterocycles. The van der Waals surface area contributed by atoms with Gasteiger partial charge in [-0.25, -0.2) is 0 Å². The maximum atomic E-state index is 3.58. The molecule has 0 bridgehead atoms. The van der Waals surface area contributed by atoms with Crippen LogP contribution < -0.4 is 5.32 Å². The quantitative estimate of drug-likeness (QED) is 0.789. The predicted octanol–water partition coefficient (Wildman–Crippen LogP) is 2.99. The zero-order valence-corrected chi connectivity index (χ0v) is 10.1. The van der Waals surface area contributed by atoms with Gasteiger partial charge < -0.3 is 5.32 Å². The highest BCUT2D eigenvalue weighted by molar-refractivity contribution is 7.11. The van der Waals surface area contributed by atoms with Crippen molar-refractivity contribution >= 4 is 11.3 Å². The molecule has 2 rings (SSSR count). The van der Waals surface area contributed by atoms with Crippen LogP contribution in [-0.4, -0.2) is 12.1 Å². The van der Waals surface area contributed by atoms with Gasteiger partial charge in [0.2, 0.25) is 0 Å². The Morgan fingerprint density at radius 3 is 2.79 bits per heavy atom. The summed E-state index contributed by atoms with van der Waals surface area (Å²) in [6.07, 6.45) is 2.57. The molecule has 1 fully saturated rings. The first-order valence-corrected chi connectivity index (χ1v) is 6.20. The number of aryl methyl sites for hydroxylation is 1. The van der Waals surface area contributed by atoms with Gasteiger partial charge in [-0.2, -0.15) is 0 Å². The molecule has 1 aromatic rings. The topological polar surface area (TPSA) is 12.0 Å². The minimum absolute atomic E-state index is 0.331. The molecule has 0 aromatic carbocycles. The van der Waals surface area contributed by atoms with Crippen LogP contribution in [0.1, 0.15) is 30.0 Å². The number of hydrogen-bond acceptors (Lipinski definition) is 2. The Morgan fingerprint density at radius 1 is 1.50 bits per heavy atom. The third-order valence-corrected chi connectivity index (χ3v) is 4.36. The third-order valence-electron chi connectivity index (χ3n) is 3.34. The summed E-state index contributed by atoms with van der Waals surface area (Å²) in [7, 11) is 0. The van der Waals surface area contributed by atoms with Crippen molar-refractivity contribution in [2.75, 3.05) is 6.54 Å². The zero-order chi connectivity index (χ0) is 10.2. The first kappa shape index (κ1) is 10.2. The molecule has 0 aliphatic carbocycles. The Kier molecular flexibility index (Phi) is 2.67. The molecule has 0 amide bonds. The molecule has 1 aliphatic heterocycles. The molecule has 1 saturated heterocycles. The Labute approximate surface area is 90.5 Å². The predicted molar refractivity (Wildman–Crippen MR) is 62.9 cm³/mol. The van der Waals surface area contributed by atoms with Crippen molar-refractivity contribution in [1.29, 1.82) is 0 Å². The highest BCUT2D eigenvalue weighted by atomic mass is 32.1. The lowest BCUT2D eigenvalue weighted by Crippen LogP contribution is -2.38. The maximum absolute atomic E-state index is 3.58. The summed E-state index contributed by atoms with van der Waals surface area (Å²) in [5.41, 5.74) is 0.331. The lowest BCUT2D eigenvalue weighted by atomic mass is 9.86. The van der Waals surface area contributed by atoms with Crippen molar-refractivity contribution in [3.05, 3.63) is 21.9 Å². The summed E-state index contributed by atoms with van der Waals surface area (Å²) in [6, 6.07) is 4.52. The van der Waals surface area contributed by atoms with Crippen molar-refractivity contribution in [2.45, 2.75) is 39.2 Å². The standard InChI is InChI=1S/C12H19NS/c1-9-4-5-11(14-9)8-10-6-7-13-12(10,2)3/h4-5,10,13H,6-8H2,1-3H3. The Morgan fingerprint density at radius 2 is 2.29 bits per heavy atom. The average Bonchev–Trinajstić information content (AvgIpc) is 2.61. The summed E-state index contributed by atoms with van der Waals surface area (Å²) < 4.78 is 0. The van der Waals surface area contributed by atoms with Gasteiger partial charge in [0.1, 0.15) is 0 Å². The van der Waals surface area contributed by atoms with Crippen LogP contribution in [0.15, 0.2) is 12.1 Å². The molecule has 1 N–H and O–H groups in total. The molecule has 1 atom stereocenters. The lowest BCUT2D eigenvalue weighted by Gasteiger charge is -2.26. The van der Waals surface area contributed by atoms with E-state index in [2.05, 4.69) is 38.2 Å². The number of hydrogen-bond donors (Lipinski definition) is 1. The van der Waals surface area contributed by atoms with Gasteiger partial charge in [0.25, 0.3) is 0 Å². The molecule has 1 unspecified atom stereocenters. The fourth-order valence-electron chi connectivity index (χ4n) is 2.27. The minimum atomic E-state index is 0.331. The van der Waals surface area contributed by atoms with E-state index >= 15 is 0 Å². The number of nitrogens with one attached hydrogen (secondary N) is 1. The van der Waals surface area contributed by atoms with Crippen molar-refractivity contribution in [3.63, 3.8) is 0 Å². The van der Waals surface area contributed by atoms with Gasteiger partial charge in [-0.15, -0.1) is 11.3 Å². The van der Waals surface area contributed by atoms with E-state index < -0.39 is 0 Å². The normalized spacial score (nSPS) is 25.5. The van der Waals surface area contributed by atoms with Crippen LogP contribution >= 0.6 is 11.3 Å². The van der Waals surface area contributed by atoms with Crippen LogP contribution in [0, 0.1) is 12.8 Å². The maximum Gasteiger partial charge on any atom is 0.0157 e. The van der Waals surface area contributed by atoms with E-state index in [0.717, 1.165) is 5.92 Å². The van der Waals surface area contributed by atoms with Crippen LogP contribution in [0.2, 0.25) is 0 Å². The Balaban J connectivity index is 2.04. The van der Waals surface area contributed by atoms with Gasteiger partial charge in [-0.05, 0) is 58.2 Å². The second-order valence-electron chi connectivity index (χ2n) is 4.85. The molecule has 0 radical (unpaired) electrons. The van der Waals surface area contributed by atoms with Gasteiger partial charge in [-0.1, -0.05) is 0 Å². The molecule has 0 spiro atoms. The molecule has 78 valence electrons. The van der Waals surface area contributed by atoms with E-state index in [1.54, 1.807) is 4.88 Å². The highest BCUT2D eigenvalue weighted by Gasteiger charge is 2.33. The lowest BCUT2D eigenvalue weighted by molar-refractivity contribution is 0.334. The van der Waals surface area contributed by atoms with Crippen LogP contribution in [-0.2, 0) is 6.42 Å². The van der Waals surface area contributed by atoms with Crippen LogP contribution in [0.3, 0.4) is 0 Å². The fourth-order valence-corrected chi connectivity index (χ4v) is 3.24. The van der Waals surface area contributed by atoms with Gasteiger partial charge in [0.05, 0.1) is 0 Å². The number of thiophene rings is 1. The largest absolute Gasteiger partial charge is 0.311 e. The summed E-state index contributed by atoms with van der Waals surface area (Å²) in [4.78, 5) is 2.98. The summed E-state index contributed by atoms with van der Waals surface area (Å²) >= 11 is 1.95. The van der Waals surface area contributed by atoms with Crippen LogP contribution in [0.25, 0.3) is 0 Å². The molecule has 1 aliphatic rings. The van der Waals surface area contributed by atoms with Crippen molar-refractivity contribution in [2.24, 2.45) is 5.92 Å². The molecule has 14 heavy (non-hydrogen) atoms. The van der Waals surface area contributed by atoms with Crippen molar-refractivity contribution < 1.29 is 0 Å². The van der Waals surface area contributed by atoms with E-state index in [1.807, 2.05) is 11.3 Å². The molecule has 0 saturated carbocycles. The second-order valence-corrected chi connectivity index (χ2v) is 6.22. The van der Waals surface area contributed by atoms with Gasteiger partial charge >= 0.3 is 0 Å². The number of rotatable bonds is 2. The summed E-state index contributed by atoms with van der Waals surface area (Å²) in [5.74, 6) is 0.806. The minimum Gasteiger partial charge on any atom is -0.311 e. The Hall–Kier alpha value is -0.340. The van der Waals surface area contributed by atoms with Crippen molar-refractivity contribution in [3.8, 4) is 0 Å². The summed E-state index contributed by atoms with van der Waals surface area (Å²) in [6.45, 7) is 8.02.